The molecule has 2 rings (SSSR count). The largest absolute Gasteiger partial charge is 0.467 e. The third-order valence-electron chi connectivity index (χ3n) is 2.62. The van der Waals surface area contributed by atoms with E-state index in [4.69, 9.17) is 4.42 Å². The smallest absolute Gasteiger partial charge is 0.263 e. The van der Waals surface area contributed by atoms with Crippen molar-refractivity contribution in [3.63, 3.8) is 0 Å². The van der Waals surface area contributed by atoms with E-state index in [0.29, 0.717) is 10.6 Å². The van der Waals surface area contributed by atoms with Crippen LogP contribution >= 0.6 is 11.3 Å². The fourth-order valence-electron chi connectivity index (χ4n) is 1.67. The van der Waals surface area contributed by atoms with Gasteiger partial charge in [0.15, 0.2) is 0 Å². The molecule has 6 heteroatoms. The van der Waals surface area contributed by atoms with Crippen LogP contribution in [0.1, 0.15) is 39.8 Å². The lowest BCUT2D eigenvalue weighted by Crippen LogP contribution is -2.29. The first-order valence-electron chi connectivity index (χ1n) is 6.14. The Kier molecular flexibility index (Phi) is 4.70. The summed E-state index contributed by atoms with van der Waals surface area (Å²) < 4.78 is 5.18. The number of aliphatic hydroxyl groups is 1. The van der Waals surface area contributed by atoms with E-state index in [9.17, 15) is 9.90 Å². The van der Waals surface area contributed by atoms with Crippen LogP contribution in [0.3, 0.4) is 0 Å². The molecular weight excluding hydrogens is 264 g/mol. The molecule has 0 saturated carbocycles. The van der Waals surface area contributed by atoms with Crippen molar-refractivity contribution in [3.8, 4) is 0 Å². The van der Waals surface area contributed by atoms with Gasteiger partial charge in [-0.2, -0.15) is 0 Å². The van der Waals surface area contributed by atoms with Gasteiger partial charge in [-0.05, 0) is 25.0 Å². The predicted octanol–water partition coefficient (Wildman–Crippen LogP) is 2.15. The summed E-state index contributed by atoms with van der Waals surface area (Å²) in [6, 6.07) is 2.91. The van der Waals surface area contributed by atoms with E-state index in [2.05, 4.69) is 17.2 Å². The third kappa shape index (κ3) is 3.42. The van der Waals surface area contributed by atoms with Gasteiger partial charge in [-0.3, -0.25) is 4.79 Å². The van der Waals surface area contributed by atoms with Crippen LogP contribution in [-0.2, 0) is 6.42 Å². The molecular formula is C13H16N2O3S. The van der Waals surface area contributed by atoms with Crippen LogP contribution in [0.5, 0.6) is 0 Å². The summed E-state index contributed by atoms with van der Waals surface area (Å²) in [5, 5.41) is 13.0. The Bertz CT molecular complexity index is 522. The highest BCUT2D eigenvalue weighted by Gasteiger charge is 2.18. The maximum absolute atomic E-state index is 12.0. The van der Waals surface area contributed by atoms with Crippen molar-refractivity contribution in [3.05, 3.63) is 40.2 Å². The summed E-state index contributed by atoms with van der Waals surface area (Å²) in [5.74, 6) is 0.296. The van der Waals surface area contributed by atoms with Crippen LogP contribution in [0.25, 0.3) is 0 Å². The number of nitrogens with one attached hydrogen (secondary N) is 1. The van der Waals surface area contributed by atoms with E-state index < -0.39 is 6.04 Å². The number of rotatable bonds is 6. The quantitative estimate of drug-likeness (QED) is 0.850. The van der Waals surface area contributed by atoms with E-state index in [1.165, 1.54) is 17.6 Å². The van der Waals surface area contributed by atoms with Crippen molar-refractivity contribution in [2.75, 3.05) is 6.61 Å². The molecule has 2 aromatic rings. The SMILES string of the molecule is CCCc1ncc(C(=O)NC(CO)c2ccco2)s1. The summed E-state index contributed by atoms with van der Waals surface area (Å²) in [6.45, 7) is 1.86. The third-order valence-corrected chi connectivity index (χ3v) is 3.67. The summed E-state index contributed by atoms with van der Waals surface area (Å²) in [5.41, 5.74) is 0. The predicted molar refractivity (Wildman–Crippen MR) is 72.1 cm³/mol. The van der Waals surface area contributed by atoms with Crippen LogP contribution in [0.15, 0.2) is 29.0 Å². The summed E-state index contributed by atoms with van der Waals surface area (Å²) in [6.07, 6.45) is 4.96. The molecule has 0 bridgehead atoms. The lowest BCUT2D eigenvalue weighted by molar-refractivity contribution is 0.0911. The van der Waals surface area contributed by atoms with Gasteiger partial charge < -0.3 is 14.8 Å². The van der Waals surface area contributed by atoms with Crippen molar-refractivity contribution in [1.82, 2.24) is 10.3 Å². The van der Waals surface area contributed by atoms with Crippen molar-refractivity contribution < 1.29 is 14.3 Å². The van der Waals surface area contributed by atoms with Crippen molar-refractivity contribution >= 4 is 17.2 Å². The van der Waals surface area contributed by atoms with Crippen LogP contribution in [-0.4, -0.2) is 22.6 Å². The number of carbonyl (C=O) groups excluding carboxylic acids is 1. The second-order valence-corrected chi connectivity index (χ2v) is 5.21. The molecule has 5 nitrogen and oxygen atoms in total. The number of aromatic nitrogens is 1. The van der Waals surface area contributed by atoms with Crippen molar-refractivity contribution in [2.24, 2.45) is 0 Å². The molecule has 0 fully saturated rings. The Hall–Kier alpha value is -1.66. The molecule has 0 spiro atoms. The van der Waals surface area contributed by atoms with Gasteiger partial charge in [0.05, 0.1) is 24.1 Å². The van der Waals surface area contributed by atoms with E-state index in [-0.39, 0.29) is 12.5 Å². The molecule has 2 aromatic heterocycles. The molecule has 0 aliphatic carbocycles. The molecule has 102 valence electrons. The molecule has 2 heterocycles. The highest BCUT2D eigenvalue weighted by Crippen LogP contribution is 2.17. The Morgan fingerprint density at radius 3 is 3.11 bits per heavy atom. The minimum Gasteiger partial charge on any atom is -0.467 e. The Balaban J connectivity index is 2.02. The van der Waals surface area contributed by atoms with Crippen molar-refractivity contribution in [2.45, 2.75) is 25.8 Å². The second-order valence-electron chi connectivity index (χ2n) is 4.09. The molecule has 0 aliphatic heterocycles. The van der Waals surface area contributed by atoms with Gasteiger partial charge in [-0.25, -0.2) is 4.98 Å². The maximum atomic E-state index is 12.0. The zero-order valence-electron chi connectivity index (χ0n) is 10.6. The lowest BCUT2D eigenvalue weighted by atomic mass is 10.2. The van der Waals surface area contributed by atoms with Crippen LogP contribution < -0.4 is 5.32 Å². The van der Waals surface area contributed by atoms with Crippen LogP contribution in [0.4, 0.5) is 0 Å². The van der Waals surface area contributed by atoms with Crippen molar-refractivity contribution in [1.29, 1.82) is 0 Å². The number of thiazole rings is 1. The van der Waals surface area contributed by atoms with Crippen LogP contribution in [0, 0.1) is 0 Å². The van der Waals surface area contributed by atoms with E-state index >= 15 is 0 Å². The molecule has 0 radical (unpaired) electrons. The van der Waals surface area contributed by atoms with Gasteiger partial charge in [0.1, 0.15) is 16.7 Å². The molecule has 0 aromatic carbocycles. The molecule has 1 atom stereocenters. The van der Waals surface area contributed by atoms with Gasteiger partial charge >= 0.3 is 0 Å². The second kappa shape index (κ2) is 6.49. The van der Waals surface area contributed by atoms with E-state index in [1.807, 2.05) is 0 Å². The molecule has 19 heavy (non-hydrogen) atoms. The van der Waals surface area contributed by atoms with Gasteiger partial charge in [0.25, 0.3) is 5.91 Å². The van der Waals surface area contributed by atoms with Gasteiger partial charge in [0.2, 0.25) is 0 Å². The first kappa shape index (κ1) is 13.8. The molecule has 2 N–H and O–H groups in total. The molecule has 0 saturated heterocycles. The number of aryl methyl sites for hydroxylation is 1. The number of nitrogens with zero attached hydrogens (tertiary/aromatic N) is 1. The Labute approximate surface area is 115 Å². The fourth-order valence-corrected chi connectivity index (χ4v) is 2.59. The first-order valence-corrected chi connectivity index (χ1v) is 6.96. The molecule has 1 amide bonds. The average molecular weight is 280 g/mol. The van der Waals surface area contributed by atoms with Gasteiger partial charge in [-0.15, -0.1) is 11.3 Å². The number of hydrogen-bond donors (Lipinski definition) is 2. The maximum Gasteiger partial charge on any atom is 0.263 e. The minimum atomic E-state index is -0.528. The monoisotopic (exact) mass is 280 g/mol. The van der Waals surface area contributed by atoms with E-state index in [1.54, 1.807) is 18.3 Å². The summed E-state index contributed by atoms with van der Waals surface area (Å²) >= 11 is 1.38. The number of furan rings is 1. The standard InChI is InChI=1S/C13H16N2O3S/c1-2-4-12-14-7-11(19-12)13(17)15-9(8-16)10-5-3-6-18-10/h3,5-7,9,16H,2,4,8H2,1H3,(H,15,17). The highest BCUT2D eigenvalue weighted by molar-refractivity contribution is 7.13. The van der Waals surface area contributed by atoms with Gasteiger partial charge in [-0.1, -0.05) is 6.92 Å². The summed E-state index contributed by atoms with van der Waals surface area (Å²) in [4.78, 5) is 16.8. The normalized spacial score (nSPS) is 12.3. The number of carbonyl (C=O) groups is 1. The van der Waals surface area contributed by atoms with Gasteiger partial charge in [0, 0.05) is 0 Å². The van der Waals surface area contributed by atoms with Crippen LogP contribution in [0.2, 0.25) is 0 Å². The first-order chi connectivity index (χ1) is 9.24. The molecule has 0 aliphatic rings. The molecule has 1 unspecified atom stereocenters. The summed E-state index contributed by atoms with van der Waals surface area (Å²) in [7, 11) is 0. The zero-order valence-corrected chi connectivity index (χ0v) is 11.4. The average Bonchev–Trinajstić information content (AvgIpc) is 3.07. The number of aliphatic hydroxyl groups excluding tert-OH is 1. The zero-order chi connectivity index (χ0) is 13.7. The number of hydrogen-bond acceptors (Lipinski definition) is 5. The highest BCUT2D eigenvalue weighted by atomic mass is 32.1. The van der Waals surface area contributed by atoms with E-state index in [0.717, 1.165) is 17.8 Å². The topological polar surface area (TPSA) is 75.4 Å². The Morgan fingerprint density at radius 1 is 1.63 bits per heavy atom. The fraction of sp³-hybridized carbons (Fsp3) is 0.385. The Morgan fingerprint density at radius 2 is 2.47 bits per heavy atom. The lowest BCUT2D eigenvalue weighted by Gasteiger charge is -2.12. The minimum absolute atomic E-state index is 0.208. The number of amides is 1.